The van der Waals surface area contributed by atoms with Gasteiger partial charge in [0.1, 0.15) is 24.2 Å². The highest BCUT2D eigenvalue weighted by molar-refractivity contribution is 5.94. The summed E-state index contributed by atoms with van der Waals surface area (Å²) in [5, 5.41) is 0. The van der Waals surface area contributed by atoms with Crippen LogP contribution in [0.4, 0.5) is 0 Å². The minimum absolute atomic E-state index is 0.000405. The van der Waals surface area contributed by atoms with E-state index in [1.54, 1.807) is 76.2 Å². The maximum absolute atomic E-state index is 15.0. The molecule has 0 N–H and O–H groups in total. The van der Waals surface area contributed by atoms with E-state index in [9.17, 15) is 28.8 Å². The number of hydrogen-bond donors (Lipinski definition) is 0. The zero-order valence-corrected chi connectivity index (χ0v) is 45.5. The minimum Gasteiger partial charge on any atom is -0.451 e. The van der Waals surface area contributed by atoms with Crippen molar-refractivity contribution in [3.63, 3.8) is 0 Å². The highest BCUT2D eigenvalue weighted by Crippen LogP contribution is 2.25. The third kappa shape index (κ3) is 17.2. The van der Waals surface area contributed by atoms with E-state index in [1.165, 1.54) is 33.4 Å². The molecule has 0 bridgehead atoms. The van der Waals surface area contributed by atoms with Crippen LogP contribution in [0.25, 0.3) is 0 Å². The fourth-order valence-electron chi connectivity index (χ4n) is 9.20. The highest BCUT2D eigenvalue weighted by atomic mass is 16.6. The molecule has 3 rings (SSSR count). The van der Waals surface area contributed by atoms with Gasteiger partial charge in [-0.1, -0.05) is 116 Å². The SMILES string of the molecule is CCN1C(=O)[C@H](C)OC(=O)[C@H](CC(C)C)N(CC)C(=O)[C@@H](Cc2ccccc2)OC(=O)[C@H](CC(C)C)N(CC)C(=O)[C@@H](C)OC(=O)[C@H](CC(C)C)N(CC)C(=O)[C@@H](Cc2ccccc2)OC(=O)[C@@H]1CC(C)C. The number of carbonyl (C=O) groups excluding carboxylic acids is 8. The van der Waals surface area contributed by atoms with E-state index in [1.807, 2.05) is 67.5 Å². The molecule has 0 aliphatic carbocycles. The Hall–Kier alpha value is -5.80. The van der Waals surface area contributed by atoms with Gasteiger partial charge in [0, 0.05) is 39.0 Å². The molecule has 1 saturated heterocycles. The zero-order chi connectivity index (χ0) is 54.0. The Morgan fingerprint density at radius 1 is 0.375 bits per heavy atom. The van der Waals surface area contributed by atoms with Crippen molar-refractivity contribution in [1.82, 2.24) is 19.6 Å². The summed E-state index contributed by atoms with van der Waals surface area (Å²) in [6.45, 7) is 24.5. The van der Waals surface area contributed by atoms with E-state index in [0.29, 0.717) is 11.1 Å². The molecular weight excluding hydrogens is 921 g/mol. The molecule has 1 heterocycles. The standard InChI is InChI=1S/C56H84N4O12/c1-15-57-45(31-37(9)10)55(67)71-47(33-41-25-21-19-22-26-41)51(63)60(18-4)44(30-36(7)8)54(66)70-40(14)50(62)58(16-2)46(32-38(11)12)56(68)72-48(34-42-27-23-20-24-28-42)52(64)59(17-3)43(29-35(5)6)53(65)69-39(13)49(57)61/h19-28,35-40,43-48H,15-18,29-34H2,1-14H3/t39-,40+,43-,44-,45-,46-,47+,48+/m0/s1. The number of esters is 4. The number of benzene rings is 2. The van der Waals surface area contributed by atoms with Crippen molar-refractivity contribution < 1.29 is 57.3 Å². The monoisotopic (exact) mass is 1000 g/mol. The largest absolute Gasteiger partial charge is 0.451 e. The van der Waals surface area contributed by atoms with Crippen LogP contribution < -0.4 is 0 Å². The minimum atomic E-state index is -1.47. The van der Waals surface area contributed by atoms with Gasteiger partial charge in [0.05, 0.1) is 0 Å². The first kappa shape index (κ1) is 60.5. The van der Waals surface area contributed by atoms with Gasteiger partial charge >= 0.3 is 23.9 Å². The van der Waals surface area contributed by atoms with Gasteiger partial charge in [-0.25, -0.2) is 19.2 Å². The Balaban J connectivity index is 2.35. The maximum Gasteiger partial charge on any atom is 0.329 e. The average molecular weight is 1010 g/mol. The topological polar surface area (TPSA) is 186 Å². The Labute approximate surface area is 428 Å². The Morgan fingerprint density at radius 2 is 0.611 bits per heavy atom. The molecule has 2 aromatic carbocycles. The molecule has 1 aliphatic heterocycles. The summed E-state index contributed by atoms with van der Waals surface area (Å²) >= 11 is 0. The molecule has 2 aromatic rings. The molecule has 0 saturated carbocycles. The van der Waals surface area contributed by atoms with Crippen molar-refractivity contribution in [2.45, 2.75) is 184 Å². The summed E-state index contributed by atoms with van der Waals surface area (Å²) in [6.07, 6.45) is -5.46. The van der Waals surface area contributed by atoms with Crippen LogP contribution in [-0.4, -0.2) is 142 Å². The normalized spacial score (nSPS) is 24.5. The lowest BCUT2D eigenvalue weighted by atomic mass is 9.99. The number of carbonyl (C=O) groups is 8. The van der Waals surface area contributed by atoms with Crippen molar-refractivity contribution in [1.29, 1.82) is 0 Å². The lowest BCUT2D eigenvalue weighted by Gasteiger charge is -2.37. The van der Waals surface area contributed by atoms with Gasteiger partial charge in [-0.15, -0.1) is 0 Å². The lowest BCUT2D eigenvalue weighted by molar-refractivity contribution is -0.177. The van der Waals surface area contributed by atoms with Crippen LogP contribution >= 0.6 is 0 Å². The van der Waals surface area contributed by atoms with E-state index < -0.39 is 96.1 Å². The van der Waals surface area contributed by atoms with Gasteiger partial charge in [0.15, 0.2) is 24.4 Å². The predicted molar refractivity (Wildman–Crippen MR) is 274 cm³/mol. The molecule has 8 atom stereocenters. The van der Waals surface area contributed by atoms with Crippen LogP contribution in [0.2, 0.25) is 0 Å². The second-order valence-corrected chi connectivity index (χ2v) is 20.5. The van der Waals surface area contributed by atoms with Gasteiger partial charge < -0.3 is 38.5 Å². The molecule has 72 heavy (non-hydrogen) atoms. The first-order chi connectivity index (χ1) is 34.0. The number of likely N-dealkylation sites (N-methyl/N-ethyl adjacent to an activating group) is 4. The second-order valence-electron chi connectivity index (χ2n) is 20.5. The van der Waals surface area contributed by atoms with Crippen LogP contribution in [0.15, 0.2) is 60.7 Å². The van der Waals surface area contributed by atoms with E-state index in [-0.39, 0.29) is 88.4 Å². The van der Waals surface area contributed by atoms with Crippen molar-refractivity contribution in [3.05, 3.63) is 71.8 Å². The smallest absolute Gasteiger partial charge is 0.329 e. The Morgan fingerprint density at radius 3 is 0.847 bits per heavy atom. The van der Waals surface area contributed by atoms with Gasteiger partial charge in [-0.3, -0.25) is 19.2 Å². The molecule has 400 valence electrons. The summed E-state index contributed by atoms with van der Waals surface area (Å²) in [5.74, 6) is -6.84. The van der Waals surface area contributed by atoms with Gasteiger partial charge in [-0.2, -0.15) is 0 Å². The molecule has 1 aliphatic rings. The maximum atomic E-state index is 15.0. The second kappa shape index (κ2) is 29.0. The molecule has 1 fully saturated rings. The molecule has 0 aromatic heterocycles. The van der Waals surface area contributed by atoms with Gasteiger partial charge in [-0.05, 0) is 102 Å². The number of nitrogens with zero attached hydrogens (tertiary/aromatic N) is 4. The first-order valence-electron chi connectivity index (χ1n) is 26.1. The van der Waals surface area contributed by atoms with Crippen molar-refractivity contribution >= 4 is 47.5 Å². The van der Waals surface area contributed by atoms with E-state index in [0.717, 1.165) is 0 Å². The summed E-state index contributed by atoms with van der Waals surface area (Å²) in [6, 6.07) is 13.0. The van der Waals surface area contributed by atoms with Crippen molar-refractivity contribution in [3.8, 4) is 0 Å². The molecule has 16 nitrogen and oxygen atoms in total. The number of amides is 4. The molecule has 16 heteroatoms. The molecule has 4 amide bonds. The third-order valence-electron chi connectivity index (χ3n) is 12.7. The third-order valence-corrected chi connectivity index (χ3v) is 12.7. The van der Waals surface area contributed by atoms with Crippen LogP contribution in [0.1, 0.15) is 134 Å². The van der Waals surface area contributed by atoms with Crippen LogP contribution in [0.5, 0.6) is 0 Å². The van der Waals surface area contributed by atoms with Crippen LogP contribution in [-0.2, 0) is 70.1 Å². The summed E-state index contributed by atoms with van der Waals surface area (Å²) in [7, 11) is 0. The summed E-state index contributed by atoms with van der Waals surface area (Å²) < 4.78 is 24.4. The molecular formula is C56H84N4O12. The average Bonchev–Trinajstić information content (AvgIpc) is 3.32. The molecule has 0 spiro atoms. The summed E-state index contributed by atoms with van der Waals surface area (Å²) in [5.41, 5.74) is 1.33. The number of cyclic esters (lactones) is 4. The van der Waals surface area contributed by atoms with Crippen LogP contribution in [0, 0.1) is 23.7 Å². The quantitative estimate of drug-likeness (QED) is 0.122. The number of rotatable bonds is 16. The fourth-order valence-corrected chi connectivity index (χ4v) is 9.20. The molecule has 0 unspecified atom stereocenters. The van der Waals surface area contributed by atoms with Crippen LogP contribution in [0.3, 0.4) is 0 Å². The first-order valence-corrected chi connectivity index (χ1v) is 26.1. The highest BCUT2D eigenvalue weighted by Gasteiger charge is 2.44. The van der Waals surface area contributed by atoms with Gasteiger partial charge in [0.2, 0.25) is 0 Å². The molecule has 0 radical (unpaired) electrons. The van der Waals surface area contributed by atoms with Crippen molar-refractivity contribution in [2.75, 3.05) is 26.2 Å². The zero-order valence-electron chi connectivity index (χ0n) is 45.5. The summed E-state index contributed by atoms with van der Waals surface area (Å²) in [4.78, 5) is 123. The van der Waals surface area contributed by atoms with E-state index >= 15 is 9.59 Å². The number of ether oxygens (including phenoxy) is 4. The lowest BCUT2D eigenvalue weighted by Crippen LogP contribution is -2.56. The predicted octanol–water partition coefficient (Wildman–Crippen LogP) is 7.23. The van der Waals surface area contributed by atoms with E-state index in [2.05, 4.69) is 0 Å². The van der Waals surface area contributed by atoms with Gasteiger partial charge in [0.25, 0.3) is 23.6 Å². The Bertz CT molecular complexity index is 1930. The Kier molecular flexibility index (Phi) is 24.4. The van der Waals surface area contributed by atoms with E-state index in [4.69, 9.17) is 18.9 Å². The van der Waals surface area contributed by atoms with Crippen molar-refractivity contribution in [2.24, 2.45) is 23.7 Å². The number of hydrogen-bond acceptors (Lipinski definition) is 12. The fraction of sp³-hybridized carbons (Fsp3) is 0.643.